The molecule has 0 bridgehead atoms. The lowest BCUT2D eigenvalue weighted by atomic mass is 10.0. The van der Waals surface area contributed by atoms with E-state index in [1.165, 1.54) is 0 Å². The van der Waals surface area contributed by atoms with Crippen LogP contribution >= 0.6 is 11.3 Å². The normalized spacial score (nSPS) is 11.2. The van der Waals surface area contributed by atoms with Crippen molar-refractivity contribution in [3.05, 3.63) is 69.7 Å². The lowest BCUT2D eigenvalue weighted by Gasteiger charge is -2.03. The fraction of sp³-hybridized carbons (Fsp3) is 0.0625. The third kappa shape index (κ3) is 2.21. The minimum absolute atomic E-state index is 0.0490. The van der Waals surface area contributed by atoms with E-state index in [1.54, 1.807) is 23.7 Å². The van der Waals surface area contributed by atoms with Gasteiger partial charge in [-0.1, -0.05) is 6.07 Å². The number of aromatic nitrogens is 3. The van der Waals surface area contributed by atoms with Gasteiger partial charge in [0.15, 0.2) is 0 Å². The summed E-state index contributed by atoms with van der Waals surface area (Å²) in [6, 6.07) is 9.86. The van der Waals surface area contributed by atoms with E-state index in [4.69, 9.17) is 0 Å². The van der Waals surface area contributed by atoms with Gasteiger partial charge in [-0.05, 0) is 29.8 Å². The highest BCUT2D eigenvalue weighted by Gasteiger charge is 2.06. The molecule has 0 atom stereocenters. The first-order valence-corrected chi connectivity index (χ1v) is 7.45. The highest BCUT2D eigenvalue weighted by atomic mass is 32.1. The summed E-state index contributed by atoms with van der Waals surface area (Å²) < 4.78 is 1.16. The largest absolute Gasteiger partial charge is 0.322 e. The predicted octanol–water partition coefficient (Wildman–Crippen LogP) is 3.12. The second-order valence-corrected chi connectivity index (χ2v) is 5.80. The van der Waals surface area contributed by atoms with Crippen LogP contribution in [0.4, 0.5) is 0 Å². The van der Waals surface area contributed by atoms with Crippen molar-refractivity contribution >= 4 is 32.5 Å². The number of nitrogens with zero attached hydrogens (tertiary/aromatic N) is 2. The summed E-state index contributed by atoms with van der Waals surface area (Å²) in [5.74, 6) is 0. The zero-order valence-corrected chi connectivity index (χ0v) is 11.9. The average molecular weight is 293 g/mol. The van der Waals surface area contributed by atoms with Gasteiger partial charge in [0.05, 0.1) is 21.2 Å². The Morgan fingerprint density at radius 2 is 2.14 bits per heavy atom. The first-order chi connectivity index (χ1) is 10.3. The zero-order valence-electron chi connectivity index (χ0n) is 11.0. The van der Waals surface area contributed by atoms with Gasteiger partial charge in [0.1, 0.15) is 0 Å². The van der Waals surface area contributed by atoms with Gasteiger partial charge in [0.2, 0.25) is 0 Å². The lowest BCUT2D eigenvalue weighted by Crippen LogP contribution is -2.12. The van der Waals surface area contributed by atoms with Gasteiger partial charge in [-0.3, -0.25) is 9.78 Å². The lowest BCUT2D eigenvalue weighted by molar-refractivity contribution is 1.12. The second-order valence-electron chi connectivity index (χ2n) is 4.92. The van der Waals surface area contributed by atoms with Gasteiger partial charge in [0, 0.05) is 29.8 Å². The molecular formula is C16H11N3OS. The Labute approximate surface area is 124 Å². The number of pyridine rings is 2. The summed E-state index contributed by atoms with van der Waals surface area (Å²) in [6.45, 7) is 0. The first kappa shape index (κ1) is 12.2. The number of aromatic amines is 1. The molecule has 0 radical (unpaired) electrons. The van der Waals surface area contributed by atoms with Crippen LogP contribution in [0.5, 0.6) is 0 Å². The monoisotopic (exact) mass is 293 g/mol. The maximum Gasteiger partial charge on any atom is 0.251 e. The number of nitrogens with one attached hydrogen (secondary N) is 1. The molecule has 3 heterocycles. The van der Waals surface area contributed by atoms with Crippen molar-refractivity contribution < 1.29 is 0 Å². The van der Waals surface area contributed by atoms with Crippen molar-refractivity contribution in [1.82, 2.24) is 15.0 Å². The summed E-state index contributed by atoms with van der Waals surface area (Å²) in [5.41, 5.74) is 5.41. The smallest absolute Gasteiger partial charge is 0.251 e. The topological polar surface area (TPSA) is 58.6 Å². The van der Waals surface area contributed by atoms with Crippen LogP contribution in [0.3, 0.4) is 0 Å². The van der Waals surface area contributed by atoms with Gasteiger partial charge in [-0.2, -0.15) is 0 Å². The molecule has 4 nitrogen and oxygen atoms in total. The Morgan fingerprint density at radius 3 is 3.10 bits per heavy atom. The molecule has 0 saturated heterocycles. The molecule has 3 aromatic heterocycles. The molecule has 102 valence electrons. The maximum absolute atomic E-state index is 12.2. The summed E-state index contributed by atoms with van der Waals surface area (Å²) in [5, 5.41) is 0.946. The van der Waals surface area contributed by atoms with Crippen LogP contribution in [0.25, 0.3) is 21.1 Å². The first-order valence-electron chi connectivity index (χ1n) is 6.58. The molecule has 4 aromatic rings. The van der Waals surface area contributed by atoms with E-state index in [1.807, 2.05) is 29.8 Å². The van der Waals surface area contributed by atoms with Crippen LogP contribution in [0, 0.1) is 0 Å². The number of hydrogen-bond donors (Lipinski definition) is 1. The van der Waals surface area contributed by atoms with E-state index in [0.717, 1.165) is 32.2 Å². The van der Waals surface area contributed by atoms with E-state index >= 15 is 0 Å². The quantitative estimate of drug-likeness (QED) is 0.617. The van der Waals surface area contributed by atoms with Crippen LogP contribution in [0.1, 0.15) is 11.1 Å². The van der Waals surface area contributed by atoms with Crippen LogP contribution in [0.2, 0.25) is 0 Å². The van der Waals surface area contributed by atoms with E-state index < -0.39 is 0 Å². The summed E-state index contributed by atoms with van der Waals surface area (Å²) in [6.07, 6.45) is 4.03. The number of rotatable bonds is 2. The number of H-pyrrole nitrogens is 1. The molecule has 0 aliphatic carbocycles. The number of hydrogen-bond acceptors (Lipinski definition) is 4. The predicted molar refractivity (Wildman–Crippen MR) is 84.8 cm³/mol. The Bertz CT molecular complexity index is 1000. The molecule has 0 amide bonds. The molecule has 4 rings (SSSR count). The third-order valence-corrected chi connectivity index (χ3v) is 4.32. The van der Waals surface area contributed by atoms with E-state index in [2.05, 4.69) is 21.0 Å². The van der Waals surface area contributed by atoms with Crippen molar-refractivity contribution in [2.75, 3.05) is 0 Å². The molecule has 21 heavy (non-hydrogen) atoms. The fourth-order valence-corrected chi connectivity index (χ4v) is 3.11. The molecule has 0 aliphatic heterocycles. The standard InChI is InChI=1S/C16H11N3OS/c20-16-11(7-12-8-17-4-3-13(12)19-16)5-10-1-2-15-14(6-10)18-9-21-15/h1-4,6-9H,5H2,(H,19,20). The highest BCUT2D eigenvalue weighted by Crippen LogP contribution is 2.20. The van der Waals surface area contributed by atoms with Crippen molar-refractivity contribution in [2.24, 2.45) is 0 Å². The number of thiazole rings is 1. The summed E-state index contributed by atoms with van der Waals surface area (Å²) >= 11 is 1.62. The number of benzene rings is 1. The van der Waals surface area contributed by atoms with Crippen LogP contribution < -0.4 is 5.56 Å². The molecule has 0 saturated carbocycles. The van der Waals surface area contributed by atoms with E-state index in [-0.39, 0.29) is 5.56 Å². The molecule has 0 unspecified atom stereocenters. The zero-order chi connectivity index (χ0) is 14.2. The van der Waals surface area contributed by atoms with Crippen molar-refractivity contribution in [1.29, 1.82) is 0 Å². The summed E-state index contributed by atoms with van der Waals surface area (Å²) in [4.78, 5) is 23.5. The van der Waals surface area contributed by atoms with Crippen molar-refractivity contribution in [3.63, 3.8) is 0 Å². The Balaban J connectivity index is 1.79. The second kappa shape index (κ2) is 4.79. The van der Waals surface area contributed by atoms with Gasteiger partial charge in [-0.15, -0.1) is 11.3 Å². The Hall–Kier alpha value is -2.53. The van der Waals surface area contributed by atoms with Crippen molar-refractivity contribution in [3.8, 4) is 0 Å². The fourth-order valence-electron chi connectivity index (χ4n) is 2.46. The minimum Gasteiger partial charge on any atom is -0.322 e. The molecule has 1 aromatic carbocycles. The minimum atomic E-state index is -0.0490. The van der Waals surface area contributed by atoms with E-state index in [9.17, 15) is 4.79 Å². The molecule has 0 aliphatic rings. The van der Waals surface area contributed by atoms with Gasteiger partial charge >= 0.3 is 0 Å². The van der Waals surface area contributed by atoms with Crippen molar-refractivity contribution in [2.45, 2.75) is 6.42 Å². The summed E-state index contributed by atoms with van der Waals surface area (Å²) in [7, 11) is 0. The van der Waals surface area contributed by atoms with Crippen LogP contribution in [0.15, 0.2) is 53.0 Å². The number of fused-ring (bicyclic) bond motifs is 2. The van der Waals surface area contributed by atoms with Crippen LogP contribution in [-0.4, -0.2) is 15.0 Å². The molecule has 1 N–H and O–H groups in total. The molecular weight excluding hydrogens is 282 g/mol. The van der Waals surface area contributed by atoms with Gasteiger partial charge < -0.3 is 4.98 Å². The van der Waals surface area contributed by atoms with Gasteiger partial charge in [0.25, 0.3) is 5.56 Å². The third-order valence-electron chi connectivity index (χ3n) is 3.51. The average Bonchev–Trinajstić information content (AvgIpc) is 2.95. The van der Waals surface area contributed by atoms with Gasteiger partial charge in [-0.25, -0.2) is 4.98 Å². The highest BCUT2D eigenvalue weighted by molar-refractivity contribution is 7.16. The Kier molecular flexibility index (Phi) is 2.79. The maximum atomic E-state index is 12.2. The Morgan fingerprint density at radius 1 is 1.19 bits per heavy atom. The molecule has 0 fully saturated rings. The van der Waals surface area contributed by atoms with Crippen LogP contribution in [-0.2, 0) is 6.42 Å². The molecule has 5 heteroatoms. The van der Waals surface area contributed by atoms with E-state index in [0.29, 0.717) is 6.42 Å². The SMILES string of the molecule is O=c1[nH]c2ccncc2cc1Cc1ccc2scnc2c1. The molecule has 0 spiro atoms.